The van der Waals surface area contributed by atoms with Crippen LogP contribution in [0.2, 0.25) is 4.34 Å². The molecule has 130 valence electrons. The van der Waals surface area contributed by atoms with E-state index in [1.807, 2.05) is 0 Å². The number of rotatable bonds is 6. The minimum absolute atomic E-state index is 0.0496. The lowest BCUT2D eigenvalue weighted by Gasteiger charge is -2.15. The Morgan fingerprint density at radius 1 is 1.33 bits per heavy atom. The Bertz CT molecular complexity index is 859. The zero-order valence-corrected chi connectivity index (χ0v) is 15.8. The van der Waals surface area contributed by atoms with Gasteiger partial charge in [-0.3, -0.25) is 4.79 Å². The van der Waals surface area contributed by atoms with Crippen molar-refractivity contribution in [3.05, 3.63) is 32.8 Å². The van der Waals surface area contributed by atoms with Crippen LogP contribution in [0.15, 0.2) is 27.8 Å². The summed E-state index contributed by atoms with van der Waals surface area (Å²) in [7, 11) is -1.28. The van der Waals surface area contributed by atoms with Gasteiger partial charge in [0.2, 0.25) is 5.91 Å². The standard InChI is InChI=1S/C13H13ClN2O5S3/c1-16(24(19,20)11-4-3-9(14)23-11)7-10(17)15-8-5-6-22-12(8)13(18)21-2/h3-6H,7H2,1-2H3,(H,15,17). The van der Waals surface area contributed by atoms with Crippen molar-refractivity contribution in [2.75, 3.05) is 26.0 Å². The predicted octanol–water partition coefficient (Wildman–Crippen LogP) is 2.51. The van der Waals surface area contributed by atoms with E-state index in [9.17, 15) is 18.0 Å². The molecular formula is C13H13ClN2O5S3. The highest BCUT2D eigenvalue weighted by molar-refractivity contribution is 7.91. The van der Waals surface area contributed by atoms with Gasteiger partial charge in [-0.15, -0.1) is 22.7 Å². The summed E-state index contributed by atoms with van der Waals surface area (Å²) < 4.78 is 30.6. The first-order valence-corrected chi connectivity index (χ1v) is 9.94. The van der Waals surface area contributed by atoms with Crippen LogP contribution in [0, 0.1) is 0 Å². The van der Waals surface area contributed by atoms with Crippen LogP contribution in [0.4, 0.5) is 5.69 Å². The van der Waals surface area contributed by atoms with Gasteiger partial charge in [-0.1, -0.05) is 11.6 Å². The van der Waals surface area contributed by atoms with E-state index in [-0.39, 0.29) is 14.8 Å². The Morgan fingerprint density at radius 3 is 2.62 bits per heavy atom. The summed E-state index contributed by atoms with van der Waals surface area (Å²) in [5, 5.41) is 4.13. The van der Waals surface area contributed by atoms with Gasteiger partial charge in [-0.25, -0.2) is 13.2 Å². The number of hydrogen-bond acceptors (Lipinski definition) is 7. The zero-order chi connectivity index (χ0) is 17.9. The summed E-state index contributed by atoms with van der Waals surface area (Å²) in [5.74, 6) is -1.15. The Balaban J connectivity index is 2.07. The van der Waals surface area contributed by atoms with E-state index < -0.39 is 28.4 Å². The van der Waals surface area contributed by atoms with Crippen molar-refractivity contribution in [1.82, 2.24) is 4.31 Å². The van der Waals surface area contributed by atoms with E-state index >= 15 is 0 Å². The molecule has 0 aliphatic heterocycles. The number of carbonyl (C=O) groups is 2. The molecule has 0 bridgehead atoms. The summed E-state index contributed by atoms with van der Waals surface area (Å²) >= 11 is 7.77. The topological polar surface area (TPSA) is 92.8 Å². The molecule has 0 saturated carbocycles. The number of thiophene rings is 2. The van der Waals surface area contributed by atoms with Crippen LogP contribution in [0.3, 0.4) is 0 Å². The molecule has 0 atom stereocenters. The largest absolute Gasteiger partial charge is 0.465 e. The number of esters is 1. The number of amides is 1. The summed E-state index contributed by atoms with van der Waals surface area (Å²) in [4.78, 5) is 23.9. The Labute approximate surface area is 151 Å². The molecule has 2 aromatic rings. The molecule has 11 heteroatoms. The van der Waals surface area contributed by atoms with Crippen molar-refractivity contribution >= 4 is 61.9 Å². The molecule has 2 heterocycles. The number of likely N-dealkylation sites (N-methyl/N-ethyl adjacent to an activating group) is 1. The summed E-state index contributed by atoms with van der Waals surface area (Å²) in [6, 6.07) is 4.40. The van der Waals surface area contributed by atoms with Crippen LogP contribution < -0.4 is 5.32 Å². The van der Waals surface area contributed by atoms with Gasteiger partial charge in [0.25, 0.3) is 10.0 Å². The first kappa shape index (κ1) is 18.9. The second-order valence-corrected chi connectivity index (χ2v) is 9.43. The molecule has 0 aromatic carbocycles. The van der Waals surface area contributed by atoms with Gasteiger partial charge in [-0.05, 0) is 23.6 Å². The van der Waals surface area contributed by atoms with Gasteiger partial charge in [0.15, 0.2) is 0 Å². The van der Waals surface area contributed by atoms with Crippen LogP contribution in [-0.2, 0) is 19.6 Å². The summed E-state index contributed by atoms with van der Waals surface area (Å²) in [6.07, 6.45) is 0. The fourth-order valence-corrected chi connectivity index (χ4v) is 5.31. The van der Waals surface area contributed by atoms with Gasteiger partial charge >= 0.3 is 5.97 Å². The number of sulfonamides is 1. The smallest absolute Gasteiger partial charge is 0.350 e. The lowest BCUT2D eigenvalue weighted by molar-refractivity contribution is -0.116. The third-order valence-electron chi connectivity index (χ3n) is 2.89. The van der Waals surface area contributed by atoms with Crippen LogP contribution >= 0.6 is 34.3 Å². The van der Waals surface area contributed by atoms with Crippen molar-refractivity contribution in [1.29, 1.82) is 0 Å². The third-order valence-corrected chi connectivity index (χ3v) is 7.29. The molecule has 0 aliphatic rings. The molecule has 24 heavy (non-hydrogen) atoms. The van der Waals surface area contributed by atoms with Crippen molar-refractivity contribution < 1.29 is 22.7 Å². The van der Waals surface area contributed by atoms with Crippen molar-refractivity contribution in [2.24, 2.45) is 0 Å². The first-order chi connectivity index (χ1) is 11.3. The molecule has 2 aromatic heterocycles. The Kier molecular flexibility index (Phi) is 5.99. The van der Waals surface area contributed by atoms with E-state index in [1.165, 1.54) is 26.3 Å². The highest BCUT2D eigenvalue weighted by Gasteiger charge is 2.25. The van der Waals surface area contributed by atoms with Crippen molar-refractivity contribution in [3.63, 3.8) is 0 Å². The van der Waals surface area contributed by atoms with Gasteiger partial charge in [0, 0.05) is 7.05 Å². The minimum atomic E-state index is -3.81. The fraction of sp³-hybridized carbons (Fsp3) is 0.231. The fourth-order valence-electron chi connectivity index (χ4n) is 1.73. The molecule has 7 nitrogen and oxygen atoms in total. The molecule has 0 unspecified atom stereocenters. The van der Waals surface area contributed by atoms with Gasteiger partial charge in [0.05, 0.1) is 23.7 Å². The molecule has 1 amide bonds. The lowest BCUT2D eigenvalue weighted by Crippen LogP contribution is -2.34. The van der Waals surface area contributed by atoms with E-state index in [0.717, 1.165) is 27.0 Å². The third kappa shape index (κ3) is 4.14. The summed E-state index contributed by atoms with van der Waals surface area (Å²) in [5.41, 5.74) is 0.279. The average molecular weight is 409 g/mol. The first-order valence-electron chi connectivity index (χ1n) is 6.43. The van der Waals surface area contributed by atoms with Crippen LogP contribution in [0.5, 0.6) is 0 Å². The second-order valence-electron chi connectivity index (χ2n) is 4.52. The normalized spacial score (nSPS) is 11.5. The number of halogens is 1. The average Bonchev–Trinajstić information content (AvgIpc) is 3.15. The van der Waals surface area contributed by atoms with Gasteiger partial charge < -0.3 is 10.1 Å². The van der Waals surface area contributed by atoms with E-state index in [0.29, 0.717) is 4.34 Å². The summed E-state index contributed by atoms with van der Waals surface area (Å²) in [6.45, 7) is -0.408. The lowest BCUT2D eigenvalue weighted by atomic mass is 10.4. The van der Waals surface area contributed by atoms with Gasteiger partial charge in [-0.2, -0.15) is 4.31 Å². The minimum Gasteiger partial charge on any atom is -0.465 e. The number of nitrogens with zero attached hydrogens (tertiary/aromatic N) is 1. The van der Waals surface area contributed by atoms with Crippen molar-refractivity contribution in [3.8, 4) is 0 Å². The molecule has 2 rings (SSSR count). The molecular weight excluding hydrogens is 396 g/mol. The number of ether oxygens (including phenoxy) is 1. The second kappa shape index (κ2) is 7.62. The van der Waals surface area contributed by atoms with Crippen LogP contribution in [0.1, 0.15) is 9.67 Å². The number of hydrogen-bond donors (Lipinski definition) is 1. The molecule has 0 spiro atoms. The quantitative estimate of drug-likeness (QED) is 0.741. The molecule has 1 N–H and O–H groups in total. The molecule has 0 fully saturated rings. The van der Waals surface area contributed by atoms with Crippen LogP contribution in [0.25, 0.3) is 0 Å². The number of carbonyl (C=O) groups excluding carboxylic acids is 2. The number of anilines is 1. The van der Waals surface area contributed by atoms with E-state index in [4.69, 9.17) is 11.6 Å². The molecule has 0 aliphatic carbocycles. The maximum absolute atomic E-state index is 12.3. The van der Waals surface area contributed by atoms with E-state index in [2.05, 4.69) is 10.1 Å². The Hall–Kier alpha value is -1.46. The maximum Gasteiger partial charge on any atom is 0.350 e. The maximum atomic E-state index is 12.3. The Morgan fingerprint density at radius 2 is 2.04 bits per heavy atom. The van der Waals surface area contributed by atoms with E-state index in [1.54, 1.807) is 11.4 Å². The number of nitrogens with one attached hydrogen (secondary N) is 1. The monoisotopic (exact) mass is 408 g/mol. The SMILES string of the molecule is COC(=O)c1sccc1NC(=O)CN(C)S(=O)(=O)c1ccc(Cl)s1. The highest BCUT2D eigenvalue weighted by Crippen LogP contribution is 2.28. The molecule has 0 saturated heterocycles. The highest BCUT2D eigenvalue weighted by atomic mass is 35.5. The molecule has 0 radical (unpaired) electrons. The van der Waals surface area contributed by atoms with Crippen LogP contribution in [-0.4, -0.2) is 45.3 Å². The van der Waals surface area contributed by atoms with Gasteiger partial charge in [0.1, 0.15) is 9.09 Å². The van der Waals surface area contributed by atoms with Crippen molar-refractivity contribution in [2.45, 2.75) is 4.21 Å². The zero-order valence-electron chi connectivity index (χ0n) is 12.6. The predicted molar refractivity (Wildman–Crippen MR) is 93.4 cm³/mol. The number of methoxy groups -OCH3 is 1.